The number of rotatable bonds is 5. The van der Waals surface area contributed by atoms with Crippen LogP contribution in [0.4, 0.5) is 0 Å². The molecule has 3 aromatic heterocycles. The van der Waals surface area contributed by atoms with E-state index in [-0.39, 0.29) is 0 Å². The molecular formula is C20H21N7O. The zero-order valence-electron chi connectivity index (χ0n) is 15.5. The average Bonchev–Trinajstić information content (AvgIpc) is 3.41. The summed E-state index contributed by atoms with van der Waals surface area (Å²) in [6.45, 7) is 3.28. The Morgan fingerprint density at radius 2 is 2.11 bits per heavy atom. The number of aryl methyl sites for hydroxylation is 1. The maximum atomic E-state index is 5.42. The maximum Gasteiger partial charge on any atom is 0.231 e. The number of benzene rings is 1. The molecule has 8 nitrogen and oxygen atoms in total. The van der Waals surface area contributed by atoms with Gasteiger partial charge < -0.3 is 14.4 Å². The minimum atomic E-state index is 0.494. The molecule has 0 atom stereocenters. The summed E-state index contributed by atoms with van der Waals surface area (Å²) in [4.78, 5) is 9.04. The van der Waals surface area contributed by atoms with Crippen LogP contribution in [0.2, 0.25) is 0 Å². The summed E-state index contributed by atoms with van der Waals surface area (Å²) in [6, 6.07) is 12.2. The average molecular weight is 375 g/mol. The lowest BCUT2D eigenvalue weighted by atomic mass is 10.1. The van der Waals surface area contributed by atoms with Gasteiger partial charge in [-0.15, -0.1) is 0 Å². The first-order valence-electron chi connectivity index (χ1n) is 9.49. The first-order chi connectivity index (χ1) is 13.8. The van der Waals surface area contributed by atoms with E-state index >= 15 is 0 Å². The van der Waals surface area contributed by atoms with Gasteiger partial charge in [-0.2, -0.15) is 10.1 Å². The number of hydrogen-bond donors (Lipinski definition) is 1. The molecule has 1 N–H and O–H groups in total. The third-order valence-corrected chi connectivity index (χ3v) is 4.86. The molecule has 1 aromatic carbocycles. The van der Waals surface area contributed by atoms with E-state index in [0.29, 0.717) is 24.7 Å². The molecule has 5 rings (SSSR count). The Morgan fingerprint density at radius 3 is 3.04 bits per heavy atom. The van der Waals surface area contributed by atoms with Crippen molar-refractivity contribution in [3.63, 3.8) is 0 Å². The topological polar surface area (TPSA) is 86.6 Å². The largest absolute Gasteiger partial charge is 0.339 e. The lowest BCUT2D eigenvalue weighted by Crippen LogP contribution is -2.11. The Bertz CT molecular complexity index is 1040. The molecule has 0 bridgehead atoms. The molecule has 1 aliphatic rings. The van der Waals surface area contributed by atoms with Crippen LogP contribution in [0.5, 0.6) is 0 Å². The van der Waals surface area contributed by atoms with Crippen LogP contribution in [0.1, 0.15) is 29.4 Å². The summed E-state index contributed by atoms with van der Waals surface area (Å²) in [5, 5.41) is 12.3. The Balaban J connectivity index is 1.34. The molecule has 4 heterocycles. The highest BCUT2D eigenvalue weighted by Gasteiger charge is 2.17. The van der Waals surface area contributed by atoms with E-state index in [0.717, 1.165) is 43.1 Å². The van der Waals surface area contributed by atoms with Crippen LogP contribution in [0.15, 0.2) is 53.3 Å². The minimum absolute atomic E-state index is 0.494. The summed E-state index contributed by atoms with van der Waals surface area (Å²) in [5.41, 5.74) is 3.21. The number of nitrogens with one attached hydrogen (secondary N) is 1. The molecule has 1 aliphatic heterocycles. The zero-order chi connectivity index (χ0) is 18.8. The fourth-order valence-corrected chi connectivity index (χ4v) is 3.49. The van der Waals surface area contributed by atoms with Crippen LogP contribution >= 0.6 is 0 Å². The quantitative estimate of drug-likeness (QED) is 0.576. The second-order valence-corrected chi connectivity index (χ2v) is 6.92. The van der Waals surface area contributed by atoms with Crippen molar-refractivity contribution < 1.29 is 4.52 Å². The van der Waals surface area contributed by atoms with Gasteiger partial charge in [-0.1, -0.05) is 35.5 Å². The fraction of sp³-hybridized carbons (Fsp3) is 0.300. The number of nitrogens with zero attached hydrogens (tertiary/aromatic N) is 6. The van der Waals surface area contributed by atoms with E-state index in [1.807, 2.05) is 29.0 Å². The Kier molecular flexibility index (Phi) is 4.46. The summed E-state index contributed by atoms with van der Waals surface area (Å²) in [7, 11) is 0. The second kappa shape index (κ2) is 7.40. The van der Waals surface area contributed by atoms with Crippen LogP contribution < -0.4 is 5.32 Å². The molecule has 4 aromatic rings. The number of imidazole rings is 1. The van der Waals surface area contributed by atoms with Crippen molar-refractivity contribution >= 4 is 0 Å². The van der Waals surface area contributed by atoms with Gasteiger partial charge in [0.1, 0.15) is 5.69 Å². The molecule has 0 amide bonds. The molecule has 8 heteroatoms. The molecular weight excluding hydrogens is 354 g/mol. The van der Waals surface area contributed by atoms with Crippen molar-refractivity contribution in [2.45, 2.75) is 32.5 Å². The number of aromatic nitrogens is 6. The molecule has 0 radical (unpaired) electrons. The lowest BCUT2D eigenvalue weighted by Gasteiger charge is -2.03. The van der Waals surface area contributed by atoms with E-state index in [1.54, 1.807) is 6.20 Å². The zero-order valence-corrected chi connectivity index (χ0v) is 15.5. The highest BCUT2D eigenvalue weighted by Crippen LogP contribution is 2.20. The van der Waals surface area contributed by atoms with E-state index in [4.69, 9.17) is 9.62 Å². The van der Waals surface area contributed by atoms with Crippen molar-refractivity contribution in [1.29, 1.82) is 0 Å². The van der Waals surface area contributed by atoms with Gasteiger partial charge in [0.15, 0.2) is 11.6 Å². The van der Waals surface area contributed by atoms with Gasteiger partial charge >= 0.3 is 0 Å². The van der Waals surface area contributed by atoms with E-state index in [2.05, 4.69) is 43.3 Å². The summed E-state index contributed by atoms with van der Waals surface area (Å²) >= 11 is 0. The third kappa shape index (κ3) is 3.46. The lowest BCUT2D eigenvalue weighted by molar-refractivity contribution is 0.378. The first kappa shape index (κ1) is 16.9. The Morgan fingerprint density at radius 1 is 1.18 bits per heavy atom. The molecule has 0 spiro atoms. The molecule has 0 fully saturated rings. The normalized spacial score (nSPS) is 14.0. The van der Waals surface area contributed by atoms with Crippen LogP contribution in [0.3, 0.4) is 0 Å². The molecule has 0 saturated carbocycles. The molecule has 142 valence electrons. The monoisotopic (exact) mass is 375 g/mol. The smallest absolute Gasteiger partial charge is 0.231 e. The van der Waals surface area contributed by atoms with Gasteiger partial charge in [0.05, 0.1) is 18.7 Å². The van der Waals surface area contributed by atoms with Crippen LogP contribution in [0.25, 0.3) is 11.5 Å². The van der Waals surface area contributed by atoms with Crippen molar-refractivity contribution in [2.24, 2.45) is 0 Å². The van der Waals surface area contributed by atoms with Crippen molar-refractivity contribution in [3.05, 3.63) is 71.8 Å². The van der Waals surface area contributed by atoms with E-state index in [9.17, 15) is 0 Å². The molecule has 0 aliphatic carbocycles. The van der Waals surface area contributed by atoms with Gasteiger partial charge in [0.2, 0.25) is 5.89 Å². The van der Waals surface area contributed by atoms with Gasteiger partial charge in [0, 0.05) is 25.5 Å². The van der Waals surface area contributed by atoms with Crippen molar-refractivity contribution in [1.82, 2.24) is 34.8 Å². The molecule has 0 saturated heterocycles. The summed E-state index contributed by atoms with van der Waals surface area (Å²) in [6.07, 6.45) is 5.41. The van der Waals surface area contributed by atoms with Gasteiger partial charge in [-0.25, -0.2) is 4.98 Å². The predicted molar refractivity (Wildman–Crippen MR) is 102 cm³/mol. The third-order valence-electron chi connectivity index (χ3n) is 4.86. The van der Waals surface area contributed by atoms with E-state index in [1.165, 1.54) is 5.69 Å². The maximum absolute atomic E-state index is 5.42. The standard InChI is InChI=1S/C20H21N7O/c1-2-5-15(6-3-1)11-19-23-18(25-28-19)14-26-10-8-22-20(26)17-12-16-13-21-7-4-9-27(16)24-17/h1-3,5-6,8,10,12,21H,4,7,9,11,13-14H2. The highest BCUT2D eigenvalue weighted by molar-refractivity contribution is 5.50. The summed E-state index contributed by atoms with van der Waals surface area (Å²) < 4.78 is 9.50. The molecule has 28 heavy (non-hydrogen) atoms. The summed E-state index contributed by atoms with van der Waals surface area (Å²) in [5.74, 6) is 2.06. The van der Waals surface area contributed by atoms with E-state index < -0.39 is 0 Å². The van der Waals surface area contributed by atoms with Crippen LogP contribution in [-0.4, -0.2) is 36.0 Å². The van der Waals surface area contributed by atoms with Gasteiger partial charge in [0.25, 0.3) is 0 Å². The van der Waals surface area contributed by atoms with Crippen LogP contribution in [0, 0.1) is 0 Å². The van der Waals surface area contributed by atoms with Crippen molar-refractivity contribution in [2.75, 3.05) is 6.54 Å². The number of fused-ring (bicyclic) bond motifs is 1. The number of hydrogen-bond acceptors (Lipinski definition) is 6. The Labute approximate surface area is 162 Å². The first-order valence-corrected chi connectivity index (χ1v) is 9.49. The highest BCUT2D eigenvalue weighted by atomic mass is 16.5. The predicted octanol–water partition coefficient (Wildman–Crippen LogP) is 2.26. The fourth-order valence-electron chi connectivity index (χ4n) is 3.49. The molecule has 0 unspecified atom stereocenters. The van der Waals surface area contributed by atoms with Gasteiger partial charge in [-0.05, 0) is 24.6 Å². The van der Waals surface area contributed by atoms with Crippen molar-refractivity contribution in [3.8, 4) is 11.5 Å². The second-order valence-electron chi connectivity index (χ2n) is 6.92. The minimum Gasteiger partial charge on any atom is -0.339 e. The van der Waals surface area contributed by atoms with Crippen LogP contribution in [-0.2, 0) is 26.1 Å². The van der Waals surface area contributed by atoms with Gasteiger partial charge in [-0.3, -0.25) is 4.68 Å². The SMILES string of the molecule is c1ccc(Cc2nc(Cn3ccnc3-c3cc4n(n3)CCCNC4)no2)cc1. The Hall–Kier alpha value is -3.26.